The fourth-order valence-corrected chi connectivity index (χ4v) is 1.41. The molecule has 0 unspecified atom stereocenters. The van der Waals surface area contributed by atoms with Gasteiger partial charge in [-0.05, 0) is 6.07 Å². The SMILES string of the molecule is CN(C)C(=O)CN(C)c1cc(C(=O)O)c(Cl)cn1. The molecule has 0 atom stereocenters. The van der Waals surface area contributed by atoms with Crippen molar-refractivity contribution in [3.63, 3.8) is 0 Å². The van der Waals surface area contributed by atoms with Crippen molar-refractivity contribution in [3.8, 4) is 0 Å². The van der Waals surface area contributed by atoms with Crippen LogP contribution < -0.4 is 4.90 Å². The van der Waals surface area contributed by atoms with E-state index in [0.717, 1.165) is 0 Å². The van der Waals surface area contributed by atoms with Crippen LogP contribution in [-0.4, -0.2) is 54.6 Å². The second kappa shape index (κ2) is 5.68. The van der Waals surface area contributed by atoms with Gasteiger partial charge in [-0.3, -0.25) is 4.79 Å². The van der Waals surface area contributed by atoms with Crippen LogP contribution in [0.1, 0.15) is 10.4 Å². The number of carboxylic acid groups (broad SMARTS) is 1. The third-order valence-corrected chi connectivity index (χ3v) is 2.63. The van der Waals surface area contributed by atoms with Gasteiger partial charge in [0.1, 0.15) is 5.82 Å². The van der Waals surface area contributed by atoms with Crippen LogP contribution in [0, 0.1) is 0 Å². The minimum absolute atomic E-state index is 0.0363. The molecule has 0 saturated heterocycles. The van der Waals surface area contributed by atoms with Crippen LogP contribution in [0.4, 0.5) is 5.82 Å². The van der Waals surface area contributed by atoms with Gasteiger partial charge in [0.05, 0.1) is 17.1 Å². The Morgan fingerprint density at radius 2 is 2.00 bits per heavy atom. The first-order valence-corrected chi connectivity index (χ1v) is 5.51. The highest BCUT2D eigenvalue weighted by molar-refractivity contribution is 6.33. The van der Waals surface area contributed by atoms with Crippen LogP contribution in [0.2, 0.25) is 5.02 Å². The first kappa shape index (κ1) is 14.2. The van der Waals surface area contributed by atoms with Gasteiger partial charge < -0.3 is 14.9 Å². The molecule has 1 aromatic heterocycles. The summed E-state index contributed by atoms with van der Waals surface area (Å²) in [7, 11) is 4.95. The number of pyridine rings is 1. The Balaban J connectivity index is 2.93. The van der Waals surface area contributed by atoms with E-state index in [0.29, 0.717) is 5.82 Å². The number of amides is 1. The second-order valence-electron chi connectivity index (χ2n) is 3.97. The van der Waals surface area contributed by atoms with E-state index in [4.69, 9.17) is 16.7 Å². The highest BCUT2D eigenvalue weighted by Gasteiger charge is 2.14. The standard InChI is InChI=1S/C11H14ClN3O3/c1-14(2)10(16)6-15(3)9-4-7(11(17)18)8(12)5-13-9/h4-5H,6H2,1-3H3,(H,17,18). The zero-order chi connectivity index (χ0) is 13.9. The maximum atomic E-state index is 11.5. The zero-order valence-electron chi connectivity index (χ0n) is 10.3. The maximum Gasteiger partial charge on any atom is 0.337 e. The molecule has 0 aliphatic carbocycles. The Morgan fingerprint density at radius 3 is 2.50 bits per heavy atom. The molecule has 0 fully saturated rings. The van der Waals surface area contributed by atoms with E-state index in [9.17, 15) is 9.59 Å². The number of halogens is 1. The number of aromatic carboxylic acids is 1. The van der Waals surface area contributed by atoms with Gasteiger partial charge in [0.15, 0.2) is 0 Å². The lowest BCUT2D eigenvalue weighted by atomic mass is 10.2. The molecule has 7 heteroatoms. The molecule has 98 valence electrons. The minimum atomic E-state index is -1.13. The maximum absolute atomic E-state index is 11.5. The second-order valence-corrected chi connectivity index (χ2v) is 4.38. The quantitative estimate of drug-likeness (QED) is 0.883. The Hall–Kier alpha value is -1.82. The zero-order valence-corrected chi connectivity index (χ0v) is 11.1. The summed E-state index contributed by atoms with van der Waals surface area (Å²) in [5.74, 6) is -0.853. The largest absolute Gasteiger partial charge is 0.478 e. The predicted molar refractivity (Wildman–Crippen MR) is 68.2 cm³/mol. The predicted octanol–water partition coefficient (Wildman–Crippen LogP) is 0.958. The van der Waals surface area contributed by atoms with Crippen molar-refractivity contribution in [3.05, 3.63) is 22.8 Å². The molecule has 6 nitrogen and oxygen atoms in total. The minimum Gasteiger partial charge on any atom is -0.478 e. The number of anilines is 1. The first-order chi connectivity index (χ1) is 8.32. The summed E-state index contributed by atoms with van der Waals surface area (Å²) in [6, 6.07) is 1.34. The van der Waals surface area contributed by atoms with Crippen molar-refractivity contribution in [1.29, 1.82) is 0 Å². The van der Waals surface area contributed by atoms with E-state index in [2.05, 4.69) is 4.98 Å². The number of nitrogens with zero attached hydrogens (tertiary/aromatic N) is 3. The molecule has 0 spiro atoms. The van der Waals surface area contributed by atoms with Crippen LogP contribution in [0.25, 0.3) is 0 Å². The summed E-state index contributed by atoms with van der Waals surface area (Å²) in [6.45, 7) is 0.112. The molecule has 0 aliphatic heterocycles. The smallest absolute Gasteiger partial charge is 0.337 e. The van der Waals surface area contributed by atoms with Gasteiger partial charge in [0.2, 0.25) is 5.91 Å². The molecular formula is C11H14ClN3O3. The number of hydrogen-bond acceptors (Lipinski definition) is 4. The third kappa shape index (κ3) is 3.33. The topological polar surface area (TPSA) is 73.7 Å². The van der Waals surface area contributed by atoms with Crippen molar-refractivity contribution >= 4 is 29.3 Å². The monoisotopic (exact) mass is 271 g/mol. The molecule has 0 radical (unpaired) electrons. The fraction of sp³-hybridized carbons (Fsp3) is 0.364. The molecule has 1 amide bonds. The highest BCUT2D eigenvalue weighted by Crippen LogP contribution is 2.19. The number of hydrogen-bond donors (Lipinski definition) is 1. The Bertz CT molecular complexity index is 477. The highest BCUT2D eigenvalue weighted by atomic mass is 35.5. The molecule has 0 bridgehead atoms. The Morgan fingerprint density at radius 1 is 1.39 bits per heavy atom. The van der Waals surface area contributed by atoms with Gasteiger partial charge in [-0.15, -0.1) is 0 Å². The van der Waals surface area contributed by atoms with Crippen molar-refractivity contribution in [1.82, 2.24) is 9.88 Å². The van der Waals surface area contributed by atoms with Crippen molar-refractivity contribution in [2.45, 2.75) is 0 Å². The summed E-state index contributed by atoms with van der Waals surface area (Å²) in [5.41, 5.74) is -0.0363. The summed E-state index contributed by atoms with van der Waals surface area (Å²) in [4.78, 5) is 29.5. The molecule has 0 saturated carbocycles. The molecule has 1 N–H and O–H groups in total. The molecule has 1 heterocycles. The lowest BCUT2D eigenvalue weighted by Crippen LogP contribution is -2.34. The van der Waals surface area contributed by atoms with Gasteiger partial charge in [-0.1, -0.05) is 11.6 Å². The Labute approximate surface area is 110 Å². The van der Waals surface area contributed by atoms with Crippen LogP contribution in [-0.2, 0) is 4.79 Å². The van der Waals surface area contributed by atoms with E-state index in [1.807, 2.05) is 0 Å². The van der Waals surface area contributed by atoms with Gasteiger partial charge in [0, 0.05) is 27.3 Å². The molecule has 1 aromatic rings. The van der Waals surface area contributed by atoms with E-state index in [1.54, 1.807) is 26.0 Å². The van der Waals surface area contributed by atoms with E-state index < -0.39 is 5.97 Å². The number of likely N-dealkylation sites (N-methyl/N-ethyl adjacent to an activating group) is 2. The number of rotatable bonds is 4. The van der Waals surface area contributed by atoms with Gasteiger partial charge >= 0.3 is 5.97 Å². The summed E-state index contributed by atoms with van der Waals surface area (Å²) in [6.07, 6.45) is 1.26. The van der Waals surface area contributed by atoms with E-state index >= 15 is 0 Å². The molecule has 0 aromatic carbocycles. The average molecular weight is 272 g/mol. The van der Waals surface area contributed by atoms with Crippen molar-refractivity contribution in [2.24, 2.45) is 0 Å². The first-order valence-electron chi connectivity index (χ1n) is 5.13. The number of carboxylic acids is 1. The molecular weight excluding hydrogens is 258 g/mol. The molecule has 0 aliphatic rings. The summed E-state index contributed by atoms with van der Waals surface area (Å²) >= 11 is 5.72. The number of carbonyl (C=O) groups excluding carboxylic acids is 1. The average Bonchev–Trinajstić information content (AvgIpc) is 2.28. The summed E-state index contributed by atoms with van der Waals surface area (Å²) < 4.78 is 0. The normalized spacial score (nSPS) is 10.0. The molecule has 1 rings (SSSR count). The van der Waals surface area contributed by atoms with Crippen LogP contribution in [0.5, 0.6) is 0 Å². The fourth-order valence-electron chi connectivity index (χ4n) is 1.23. The van der Waals surface area contributed by atoms with Crippen LogP contribution in [0.3, 0.4) is 0 Å². The lowest BCUT2D eigenvalue weighted by Gasteiger charge is -2.20. The number of aromatic nitrogens is 1. The van der Waals surface area contributed by atoms with Gasteiger partial charge in [0.25, 0.3) is 0 Å². The van der Waals surface area contributed by atoms with Crippen molar-refractivity contribution in [2.75, 3.05) is 32.6 Å². The van der Waals surface area contributed by atoms with Crippen LogP contribution >= 0.6 is 11.6 Å². The Kier molecular flexibility index (Phi) is 4.49. The van der Waals surface area contributed by atoms with E-state index in [1.165, 1.54) is 17.2 Å². The number of carbonyl (C=O) groups is 2. The van der Waals surface area contributed by atoms with Gasteiger partial charge in [-0.2, -0.15) is 0 Å². The van der Waals surface area contributed by atoms with Crippen LogP contribution in [0.15, 0.2) is 12.3 Å². The third-order valence-electron chi connectivity index (χ3n) is 2.33. The lowest BCUT2D eigenvalue weighted by molar-refractivity contribution is -0.127. The summed E-state index contributed by atoms with van der Waals surface area (Å²) in [5, 5.41) is 9.00. The van der Waals surface area contributed by atoms with Crippen molar-refractivity contribution < 1.29 is 14.7 Å². The van der Waals surface area contributed by atoms with E-state index in [-0.39, 0.29) is 23.0 Å². The van der Waals surface area contributed by atoms with Gasteiger partial charge in [-0.25, -0.2) is 9.78 Å². The molecule has 18 heavy (non-hydrogen) atoms.